The molecule has 0 bridgehead atoms. The molecule has 0 saturated carbocycles. The van der Waals surface area contributed by atoms with Crippen LogP contribution in [-0.4, -0.2) is 57.6 Å². The van der Waals surface area contributed by atoms with Crippen molar-refractivity contribution in [3.8, 4) is 11.5 Å². The quantitative estimate of drug-likeness (QED) is 0.149. The van der Waals surface area contributed by atoms with Crippen LogP contribution in [-0.2, 0) is 20.6 Å². The Bertz CT molecular complexity index is 1000. The van der Waals surface area contributed by atoms with Crippen LogP contribution >= 0.6 is 23.4 Å². The minimum absolute atomic E-state index is 0.000578. The molecule has 7 heteroatoms. The van der Waals surface area contributed by atoms with Crippen molar-refractivity contribution in [1.82, 2.24) is 0 Å². The Morgan fingerprint density at radius 1 is 0.878 bits per heavy atom. The summed E-state index contributed by atoms with van der Waals surface area (Å²) < 4.78 is 30.9. The van der Waals surface area contributed by atoms with Crippen LogP contribution < -0.4 is 9.47 Å². The van der Waals surface area contributed by atoms with Gasteiger partial charge in [0.15, 0.2) is 0 Å². The zero-order valence-electron chi connectivity index (χ0n) is 25.8. The first-order chi connectivity index (χ1) is 20.0. The summed E-state index contributed by atoms with van der Waals surface area (Å²) in [6.07, 6.45) is 8.05. The molecule has 2 aromatic rings. The Labute approximate surface area is 258 Å². The maximum absolute atomic E-state index is 6.84. The van der Waals surface area contributed by atoms with Gasteiger partial charge in [-0.15, -0.1) is 11.8 Å². The first-order valence-electron chi connectivity index (χ1n) is 15.6. The summed E-state index contributed by atoms with van der Waals surface area (Å²) >= 11 is 8.78. The third kappa shape index (κ3) is 10.7. The number of hydrogen-bond acceptors (Lipinski definition) is 6. The minimum atomic E-state index is -0.0799. The van der Waals surface area contributed by atoms with E-state index in [1.54, 1.807) is 7.11 Å². The van der Waals surface area contributed by atoms with Crippen LogP contribution in [0.25, 0.3) is 0 Å². The standard InChI is InChI=1S/C34H51ClO5S/c1-6-10-17-37-24-28-22-32(39-18-11-7-2)33(40-19-12-8-3)34(41-28)29-21-26(30(35)23-31(29)36-5)20-25-13-15-27(16-14-25)38-9-4/h13-16,21,23,28,32-34H,6-12,17-20,22,24H2,1-5H3/t28-,32-,33+,34-/m0/s1. The molecule has 1 heterocycles. The number of ether oxygens (including phenoxy) is 5. The van der Waals surface area contributed by atoms with Gasteiger partial charge in [0.25, 0.3) is 0 Å². The Morgan fingerprint density at radius 2 is 1.56 bits per heavy atom. The van der Waals surface area contributed by atoms with Crippen molar-refractivity contribution in [3.05, 3.63) is 58.1 Å². The van der Waals surface area contributed by atoms with Gasteiger partial charge in [0.1, 0.15) is 11.5 Å². The summed E-state index contributed by atoms with van der Waals surface area (Å²) in [7, 11) is 1.72. The second-order valence-electron chi connectivity index (χ2n) is 10.7. The van der Waals surface area contributed by atoms with Crippen LogP contribution in [0.5, 0.6) is 11.5 Å². The molecule has 0 aliphatic carbocycles. The van der Waals surface area contributed by atoms with Crippen molar-refractivity contribution in [2.24, 2.45) is 0 Å². The first kappa shape index (κ1) is 34.1. The first-order valence-corrected chi connectivity index (χ1v) is 16.9. The number of unbranched alkanes of at least 4 members (excludes halogenated alkanes) is 3. The number of rotatable bonds is 19. The van der Waals surface area contributed by atoms with Crippen molar-refractivity contribution in [3.63, 3.8) is 0 Å². The second kappa shape index (κ2) is 19.0. The molecule has 0 spiro atoms. The normalized spacial score (nSPS) is 20.7. The van der Waals surface area contributed by atoms with E-state index in [0.717, 1.165) is 93.8 Å². The van der Waals surface area contributed by atoms with E-state index in [4.69, 9.17) is 35.3 Å². The highest BCUT2D eigenvalue weighted by Gasteiger charge is 2.42. The van der Waals surface area contributed by atoms with Gasteiger partial charge in [0.2, 0.25) is 0 Å². The van der Waals surface area contributed by atoms with Gasteiger partial charge in [-0.1, -0.05) is 63.8 Å². The minimum Gasteiger partial charge on any atom is -0.496 e. The lowest BCUT2D eigenvalue weighted by molar-refractivity contribution is -0.0842. The predicted octanol–water partition coefficient (Wildman–Crippen LogP) is 9.07. The summed E-state index contributed by atoms with van der Waals surface area (Å²) in [5.74, 6) is 1.68. The lowest BCUT2D eigenvalue weighted by Crippen LogP contribution is -2.44. The molecule has 4 atom stereocenters. The molecular weight excluding hydrogens is 556 g/mol. The number of halogens is 1. The average molecular weight is 607 g/mol. The molecule has 41 heavy (non-hydrogen) atoms. The van der Waals surface area contributed by atoms with Gasteiger partial charge in [0.05, 0.1) is 37.8 Å². The fraction of sp³-hybridized carbons (Fsp3) is 0.647. The van der Waals surface area contributed by atoms with E-state index in [1.807, 2.05) is 36.9 Å². The van der Waals surface area contributed by atoms with Gasteiger partial charge >= 0.3 is 0 Å². The van der Waals surface area contributed by atoms with Crippen molar-refractivity contribution >= 4 is 23.4 Å². The molecule has 5 nitrogen and oxygen atoms in total. The van der Waals surface area contributed by atoms with Crippen LogP contribution in [0.3, 0.4) is 0 Å². The fourth-order valence-corrected chi connectivity index (χ4v) is 6.94. The van der Waals surface area contributed by atoms with Crippen molar-refractivity contribution in [2.45, 2.75) is 102 Å². The van der Waals surface area contributed by atoms with Crippen LogP contribution in [0.1, 0.15) is 94.6 Å². The number of thioether (sulfide) groups is 1. The van der Waals surface area contributed by atoms with E-state index < -0.39 is 0 Å². The van der Waals surface area contributed by atoms with E-state index >= 15 is 0 Å². The van der Waals surface area contributed by atoms with Crippen molar-refractivity contribution < 1.29 is 23.7 Å². The van der Waals surface area contributed by atoms with E-state index in [0.29, 0.717) is 23.5 Å². The number of methoxy groups -OCH3 is 1. The Balaban J connectivity index is 1.95. The summed E-state index contributed by atoms with van der Waals surface area (Å²) in [6, 6.07) is 12.5. The Morgan fingerprint density at radius 3 is 2.22 bits per heavy atom. The third-order valence-corrected chi connectivity index (χ3v) is 9.30. The molecule has 2 aromatic carbocycles. The smallest absolute Gasteiger partial charge is 0.124 e. The van der Waals surface area contributed by atoms with Crippen LogP contribution in [0.4, 0.5) is 0 Å². The molecule has 1 fully saturated rings. The molecule has 230 valence electrons. The number of hydrogen-bond donors (Lipinski definition) is 0. The maximum atomic E-state index is 6.84. The van der Waals surface area contributed by atoms with Gasteiger partial charge in [-0.25, -0.2) is 0 Å². The lowest BCUT2D eigenvalue weighted by atomic mass is 9.94. The van der Waals surface area contributed by atoms with Crippen LogP contribution in [0.15, 0.2) is 36.4 Å². The van der Waals surface area contributed by atoms with Gasteiger partial charge in [-0.3, -0.25) is 0 Å². The molecule has 0 N–H and O–H groups in total. The molecule has 0 amide bonds. The molecule has 0 radical (unpaired) electrons. The Hall–Kier alpha value is -1.44. The third-order valence-electron chi connectivity index (χ3n) is 7.42. The van der Waals surface area contributed by atoms with E-state index in [2.05, 4.69) is 39.0 Å². The lowest BCUT2D eigenvalue weighted by Gasteiger charge is -2.42. The highest BCUT2D eigenvalue weighted by atomic mass is 35.5. The summed E-state index contributed by atoms with van der Waals surface area (Å²) in [5.41, 5.74) is 3.37. The van der Waals surface area contributed by atoms with E-state index in [1.165, 1.54) is 5.56 Å². The van der Waals surface area contributed by atoms with Crippen molar-refractivity contribution in [2.75, 3.05) is 40.1 Å². The SMILES string of the molecule is CCCCOC[C@@H]1C[C@H](OCCCC)[C@@H](OCCCC)[C@H](c2cc(Cc3ccc(OCC)cc3)c(Cl)cc2OC)S1. The topological polar surface area (TPSA) is 46.2 Å². The van der Waals surface area contributed by atoms with Gasteiger partial charge in [-0.05, 0) is 74.4 Å². The largest absolute Gasteiger partial charge is 0.496 e. The van der Waals surface area contributed by atoms with E-state index in [-0.39, 0.29) is 17.5 Å². The van der Waals surface area contributed by atoms with Crippen molar-refractivity contribution in [1.29, 1.82) is 0 Å². The summed E-state index contributed by atoms with van der Waals surface area (Å²) in [4.78, 5) is 0. The zero-order valence-corrected chi connectivity index (χ0v) is 27.4. The monoisotopic (exact) mass is 606 g/mol. The van der Waals surface area contributed by atoms with Crippen LogP contribution in [0, 0.1) is 0 Å². The molecule has 0 aromatic heterocycles. The average Bonchev–Trinajstić information content (AvgIpc) is 2.98. The van der Waals surface area contributed by atoms with Gasteiger partial charge in [-0.2, -0.15) is 0 Å². The molecule has 1 saturated heterocycles. The summed E-state index contributed by atoms with van der Waals surface area (Å²) in [6.45, 7) is 12.2. The number of benzene rings is 2. The van der Waals surface area contributed by atoms with Gasteiger partial charge < -0.3 is 23.7 Å². The molecule has 3 rings (SSSR count). The highest BCUT2D eigenvalue weighted by molar-refractivity contribution is 8.00. The molecule has 1 aliphatic heterocycles. The Kier molecular flexibility index (Phi) is 15.8. The molecular formula is C34H51ClO5S. The predicted molar refractivity (Wildman–Crippen MR) is 172 cm³/mol. The maximum Gasteiger partial charge on any atom is 0.124 e. The van der Waals surface area contributed by atoms with E-state index in [9.17, 15) is 0 Å². The van der Waals surface area contributed by atoms with Gasteiger partial charge in [0, 0.05) is 35.7 Å². The summed E-state index contributed by atoms with van der Waals surface area (Å²) in [5, 5.41) is 1.06. The molecule has 0 unspecified atom stereocenters. The highest BCUT2D eigenvalue weighted by Crippen LogP contribution is 2.49. The fourth-order valence-electron chi connectivity index (χ4n) is 5.09. The second-order valence-corrected chi connectivity index (χ2v) is 12.6. The zero-order chi connectivity index (χ0) is 29.5. The molecule has 1 aliphatic rings. The van der Waals surface area contributed by atoms with Crippen LogP contribution in [0.2, 0.25) is 5.02 Å².